The number of nitrogens with zero attached hydrogens (tertiary/aromatic N) is 3. The van der Waals surface area contributed by atoms with Crippen molar-refractivity contribution < 1.29 is 22.0 Å². The smallest absolute Gasteiger partial charge is 0.246 e. The SMILES string of the molecule is C=CCSc1nnc(NC(=O)C2CCN(S(=O)(=O)c3cc(F)ccc3F)CC2)s1. The number of carbonyl (C=O) groups excluding carboxylic acids is 1. The molecular formula is C17H18F2N4O3S3. The quantitative estimate of drug-likeness (QED) is 0.388. The van der Waals surface area contributed by atoms with Crippen LogP contribution in [0.1, 0.15) is 12.8 Å². The van der Waals surface area contributed by atoms with Crippen molar-refractivity contribution in [3.8, 4) is 0 Å². The van der Waals surface area contributed by atoms with E-state index >= 15 is 0 Å². The Kier molecular flexibility index (Phi) is 6.98. The van der Waals surface area contributed by atoms with E-state index in [4.69, 9.17) is 0 Å². The van der Waals surface area contributed by atoms with E-state index in [2.05, 4.69) is 22.1 Å². The predicted molar refractivity (Wildman–Crippen MR) is 107 cm³/mol. The van der Waals surface area contributed by atoms with Gasteiger partial charge in [-0.05, 0) is 31.0 Å². The van der Waals surface area contributed by atoms with Gasteiger partial charge >= 0.3 is 0 Å². The van der Waals surface area contributed by atoms with Crippen molar-refractivity contribution >= 4 is 44.2 Å². The number of carbonyl (C=O) groups is 1. The van der Waals surface area contributed by atoms with Crippen LogP contribution in [0.25, 0.3) is 0 Å². The van der Waals surface area contributed by atoms with E-state index in [-0.39, 0.29) is 31.8 Å². The van der Waals surface area contributed by atoms with Gasteiger partial charge in [0.25, 0.3) is 0 Å². The number of sulfonamides is 1. The maximum atomic E-state index is 13.9. The second-order valence-electron chi connectivity index (χ2n) is 6.22. The highest BCUT2D eigenvalue weighted by atomic mass is 32.2. The average Bonchev–Trinajstić information content (AvgIpc) is 3.15. The van der Waals surface area contributed by atoms with Crippen molar-refractivity contribution in [2.24, 2.45) is 5.92 Å². The van der Waals surface area contributed by atoms with Gasteiger partial charge < -0.3 is 5.32 Å². The standard InChI is InChI=1S/C17H18F2N4O3S3/c1-2-9-27-17-22-21-16(28-17)20-15(24)11-5-7-23(8-6-11)29(25,26)14-10-12(18)3-4-13(14)19/h2-4,10-11H,1,5-9H2,(H,20,21,24). The van der Waals surface area contributed by atoms with E-state index in [9.17, 15) is 22.0 Å². The van der Waals surface area contributed by atoms with Gasteiger partial charge in [0.15, 0.2) is 4.34 Å². The van der Waals surface area contributed by atoms with Crippen LogP contribution in [0.2, 0.25) is 0 Å². The molecular weight excluding hydrogens is 442 g/mol. The first-order chi connectivity index (χ1) is 13.8. The lowest BCUT2D eigenvalue weighted by atomic mass is 9.97. The van der Waals surface area contributed by atoms with Gasteiger partial charge in [0.2, 0.25) is 21.1 Å². The summed E-state index contributed by atoms with van der Waals surface area (Å²) in [6, 6.07) is 2.31. The molecule has 0 bridgehead atoms. The summed E-state index contributed by atoms with van der Waals surface area (Å²) in [5.41, 5.74) is 0. The Balaban J connectivity index is 1.59. The van der Waals surface area contributed by atoms with Crippen LogP contribution >= 0.6 is 23.1 Å². The van der Waals surface area contributed by atoms with E-state index in [1.54, 1.807) is 6.08 Å². The molecule has 1 aliphatic rings. The largest absolute Gasteiger partial charge is 0.300 e. The lowest BCUT2D eigenvalue weighted by Gasteiger charge is -2.30. The molecule has 1 amide bonds. The molecule has 0 aliphatic carbocycles. The molecule has 1 fully saturated rings. The molecule has 12 heteroatoms. The number of piperidine rings is 1. The van der Waals surface area contributed by atoms with E-state index in [1.807, 2.05) is 0 Å². The number of nitrogens with one attached hydrogen (secondary N) is 1. The van der Waals surface area contributed by atoms with Crippen LogP contribution in [0.4, 0.5) is 13.9 Å². The lowest BCUT2D eigenvalue weighted by Crippen LogP contribution is -2.41. The van der Waals surface area contributed by atoms with E-state index in [0.29, 0.717) is 21.3 Å². The Labute approximate surface area is 175 Å². The van der Waals surface area contributed by atoms with Crippen LogP contribution < -0.4 is 5.32 Å². The number of hydrogen-bond acceptors (Lipinski definition) is 7. The fraction of sp³-hybridized carbons (Fsp3) is 0.353. The third kappa shape index (κ3) is 5.18. The van der Waals surface area contributed by atoms with Gasteiger partial charge in [-0.2, -0.15) is 4.31 Å². The Morgan fingerprint density at radius 1 is 1.34 bits per heavy atom. The summed E-state index contributed by atoms with van der Waals surface area (Å²) >= 11 is 2.70. The molecule has 1 saturated heterocycles. The second-order valence-corrected chi connectivity index (χ2v) is 10.4. The van der Waals surface area contributed by atoms with Gasteiger partial charge in [0.1, 0.15) is 16.5 Å². The number of thioether (sulfide) groups is 1. The zero-order chi connectivity index (χ0) is 21.0. The summed E-state index contributed by atoms with van der Waals surface area (Å²) in [5, 5.41) is 10.9. The van der Waals surface area contributed by atoms with Gasteiger partial charge in [0, 0.05) is 24.8 Å². The summed E-state index contributed by atoms with van der Waals surface area (Å²) < 4.78 is 54.3. The van der Waals surface area contributed by atoms with Crippen LogP contribution in [0.15, 0.2) is 40.1 Å². The van der Waals surface area contributed by atoms with Gasteiger partial charge in [-0.25, -0.2) is 17.2 Å². The zero-order valence-corrected chi connectivity index (χ0v) is 17.6. The second kappa shape index (κ2) is 9.28. The summed E-state index contributed by atoms with van der Waals surface area (Å²) in [6.07, 6.45) is 2.26. The van der Waals surface area contributed by atoms with E-state index in [1.165, 1.54) is 23.1 Å². The Morgan fingerprint density at radius 2 is 2.07 bits per heavy atom. The van der Waals surface area contributed by atoms with Crippen molar-refractivity contribution in [2.45, 2.75) is 22.1 Å². The molecule has 2 aromatic rings. The molecule has 29 heavy (non-hydrogen) atoms. The molecule has 0 atom stereocenters. The molecule has 0 saturated carbocycles. The van der Waals surface area contributed by atoms with Crippen molar-refractivity contribution in [1.29, 1.82) is 0 Å². The lowest BCUT2D eigenvalue weighted by molar-refractivity contribution is -0.120. The molecule has 1 N–H and O–H groups in total. The number of benzene rings is 1. The Hall–Kier alpha value is -1.89. The van der Waals surface area contributed by atoms with Crippen LogP contribution in [0, 0.1) is 17.6 Å². The monoisotopic (exact) mass is 460 g/mol. The third-order valence-corrected chi connectivity index (χ3v) is 8.18. The van der Waals surface area contributed by atoms with Gasteiger partial charge in [-0.15, -0.1) is 16.8 Å². The fourth-order valence-electron chi connectivity index (χ4n) is 2.83. The number of aromatic nitrogens is 2. The molecule has 1 aromatic carbocycles. The molecule has 0 radical (unpaired) electrons. The highest BCUT2D eigenvalue weighted by Crippen LogP contribution is 2.28. The molecule has 1 aliphatic heterocycles. The minimum absolute atomic E-state index is 0.0347. The Morgan fingerprint density at radius 3 is 2.76 bits per heavy atom. The number of rotatable bonds is 7. The predicted octanol–water partition coefficient (Wildman–Crippen LogP) is 3.13. The molecule has 156 valence electrons. The van der Waals surface area contributed by atoms with Crippen LogP contribution in [-0.2, 0) is 14.8 Å². The number of halogens is 2. The summed E-state index contributed by atoms with van der Waals surface area (Å²) in [4.78, 5) is 11.7. The fourth-order valence-corrected chi connectivity index (χ4v) is 5.89. The first-order valence-corrected chi connectivity index (χ1v) is 11.9. The topological polar surface area (TPSA) is 92.3 Å². The summed E-state index contributed by atoms with van der Waals surface area (Å²) in [5.74, 6) is -1.83. The average molecular weight is 461 g/mol. The maximum absolute atomic E-state index is 13.9. The van der Waals surface area contributed by atoms with Crippen molar-refractivity contribution in [3.63, 3.8) is 0 Å². The molecule has 1 aromatic heterocycles. The number of anilines is 1. The summed E-state index contributed by atoms with van der Waals surface area (Å²) in [6.45, 7) is 3.69. The normalized spacial score (nSPS) is 15.9. The van der Waals surface area contributed by atoms with E-state index < -0.39 is 32.5 Å². The maximum Gasteiger partial charge on any atom is 0.246 e. The summed E-state index contributed by atoms with van der Waals surface area (Å²) in [7, 11) is -4.17. The minimum Gasteiger partial charge on any atom is -0.300 e. The first-order valence-electron chi connectivity index (χ1n) is 8.64. The van der Waals surface area contributed by atoms with Gasteiger partial charge in [0.05, 0.1) is 0 Å². The van der Waals surface area contributed by atoms with Crippen molar-refractivity contribution in [2.75, 3.05) is 24.2 Å². The van der Waals surface area contributed by atoms with Gasteiger partial charge in [-0.1, -0.05) is 29.2 Å². The third-order valence-electron chi connectivity index (χ3n) is 4.30. The van der Waals surface area contributed by atoms with Crippen LogP contribution in [0.5, 0.6) is 0 Å². The highest BCUT2D eigenvalue weighted by molar-refractivity contribution is 8.01. The van der Waals surface area contributed by atoms with Crippen molar-refractivity contribution in [1.82, 2.24) is 14.5 Å². The van der Waals surface area contributed by atoms with Crippen LogP contribution in [0.3, 0.4) is 0 Å². The first kappa shape index (κ1) is 21.8. The zero-order valence-electron chi connectivity index (χ0n) is 15.2. The molecule has 3 rings (SSSR count). The van der Waals surface area contributed by atoms with E-state index in [0.717, 1.165) is 16.4 Å². The molecule has 7 nitrogen and oxygen atoms in total. The van der Waals surface area contributed by atoms with Crippen molar-refractivity contribution in [3.05, 3.63) is 42.5 Å². The minimum atomic E-state index is -4.17. The molecule has 2 heterocycles. The Bertz CT molecular complexity index is 1010. The molecule has 0 unspecified atom stereocenters. The van der Waals surface area contributed by atoms with Crippen LogP contribution in [-0.4, -0.2) is 47.7 Å². The number of hydrogen-bond donors (Lipinski definition) is 1. The molecule has 0 spiro atoms. The number of amides is 1. The van der Waals surface area contributed by atoms with Gasteiger partial charge in [-0.3, -0.25) is 4.79 Å². The highest BCUT2D eigenvalue weighted by Gasteiger charge is 2.34.